The molecule has 0 spiro atoms. The third-order valence-corrected chi connectivity index (χ3v) is 2.21. The van der Waals surface area contributed by atoms with Gasteiger partial charge in [0, 0.05) is 0 Å². The molecule has 0 aromatic heterocycles. The van der Waals surface area contributed by atoms with E-state index in [1.807, 2.05) is 6.08 Å². The minimum absolute atomic E-state index is 1.14. The van der Waals surface area contributed by atoms with Crippen molar-refractivity contribution in [3.8, 4) is 0 Å². The molecule has 0 aliphatic carbocycles. The number of allylic oxidation sites excluding steroid dienone is 1. The monoisotopic (exact) mass is 186 g/mol. The summed E-state index contributed by atoms with van der Waals surface area (Å²) >= 11 is 0. The summed E-state index contributed by atoms with van der Waals surface area (Å²) in [6.45, 7) is 8.12. The van der Waals surface area contributed by atoms with E-state index in [0.717, 1.165) is 6.42 Å². The number of hydrogen-bond acceptors (Lipinski definition) is 0. The zero-order valence-corrected chi connectivity index (χ0v) is 9.09. The van der Waals surface area contributed by atoms with E-state index in [2.05, 4.69) is 50.8 Å². The second-order valence-corrected chi connectivity index (χ2v) is 3.53. The number of rotatable bonds is 4. The molecule has 0 heterocycles. The molecule has 0 heteroatoms. The van der Waals surface area contributed by atoms with Gasteiger partial charge in [-0.05, 0) is 24.5 Å². The highest BCUT2D eigenvalue weighted by atomic mass is 14.0. The summed E-state index contributed by atoms with van der Waals surface area (Å²) in [5.41, 5.74) is 3.77. The Morgan fingerprint density at radius 3 is 2.71 bits per heavy atom. The van der Waals surface area contributed by atoms with E-state index < -0.39 is 0 Å². The molecule has 0 radical (unpaired) electrons. The Balaban J connectivity index is 2.90. The Morgan fingerprint density at radius 2 is 2.07 bits per heavy atom. The molecule has 0 nitrogen and oxygen atoms in total. The molecule has 1 aromatic rings. The van der Waals surface area contributed by atoms with E-state index in [1.165, 1.54) is 23.1 Å². The molecule has 0 aliphatic rings. The van der Waals surface area contributed by atoms with E-state index in [1.54, 1.807) is 0 Å². The molecule has 0 fully saturated rings. The van der Waals surface area contributed by atoms with E-state index >= 15 is 0 Å². The number of benzene rings is 1. The van der Waals surface area contributed by atoms with Gasteiger partial charge < -0.3 is 0 Å². The predicted molar refractivity (Wildman–Crippen MR) is 65.2 cm³/mol. The maximum absolute atomic E-state index is 3.83. The van der Waals surface area contributed by atoms with Crippen LogP contribution in [0, 0.1) is 6.92 Å². The van der Waals surface area contributed by atoms with Crippen LogP contribution in [0.3, 0.4) is 0 Å². The van der Waals surface area contributed by atoms with Crippen LogP contribution in [0.5, 0.6) is 0 Å². The number of hydrogen-bond donors (Lipinski definition) is 0. The van der Waals surface area contributed by atoms with Gasteiger partial charge in [0.15, 0.2) is 0 Å². The van der Waals surface area contributed by atoms with Crippen molar-refractivity contribution < 1.29 is 0 Å². The third kappa shape index (κ3) is 2.88. The van der Waals surface area contributed by atoms with Crippen LogP contribution >= 0.6 is 0 Å². The smallest absolute Gasteiger partial charge is 0.0187 e. The molecule has 1 aromatic carbocycles. The van der Waals surface area contributed by atoms with Gasteiger partial charge in [-0.15, -0.1) is 0 Å². The molecule has 0 saturated carbocycles. The SMILES string of the molecule is C=Cc1cc(C)ccc1/C=C\CCC. The van der Waals surface area contributed by atoms with Crippen molar-refractivity contribution in [2.45, 2.75) is 26.7 Å². The fourth-order valence-electron chi connectivity index (χ4n) is 1.40. The van der Waals surface area contributed by atoms with Crippen molar-refractivity contribution in [3.63, 3.8) is 0 Å². The summed E-state index contributed by atoms with van der Waals surface area (Å²) in [6.07, 6.45) is 8.66. The molecule has 0 saturated heterocycles. The highest BCUT2D eigenvalue weighted by molar-refractivity contribution is 5.65. The molecule has 1 rings (SSSR count). The standard InChI is InChI=1S/C14H18/c1-4-6-7-8-14-10-9-12(3)11-13(14)5-2/h5,7-11H,2,4,6H2,1,3H3/b8-7-. The van der Waals surface area contributed by atoms with Crippen molar-refractivity contribution in [1.82, 2.24) is 0 Å². The lowest BCUT2D eigenvalue weighted by atomic mass is 10.0. The van der Waals surface area contributed by atoms with Gasteiger partial charge in [-0.25, -0.2) is 0 Å². The van der Waals surface area contributed by atoms with Gasteiger partial charge in [0.05, 0.1) is 0 Å². The lowest BCUT2D eigenvalue weighted by Gasteiger charge is -2.02. The van der Waals surface area contributed by atoms with E-state index in [9.17, 15) is 0 Å². The molecular weight excluding hydrogens is 168 g/mol. The summed E-state index contributed by atoms with van der Waals surface area (Å²) in [5.74, 6) is 0. The summed E-state index contributed by atoms with van der Waals surface area (Å²) in [4.78, 5) is 0. The van der Waals surface area contributed by atoms with Gasteiger partial charge in [-0.3, -0.25) is 0 Å². The van der Waals surface area contributed by atoms with E-state index in [0.29, 0.717) is 0 Å². The molecule has 0 aliphatic heterocycles. The first-order valence-corrected chi connectivity index (χ1v) is 5.17. The van der Waals surface area contributed by atoms with Crippen LogP contribution in [0.4, 0.5) is 0 Å². The first-order chi connectivity index (χ1) is 6.77. The van der Waals surface area contributed by atoms with Gasteiger partial charge in [0.1, 0.15) is 0 Å². The Hall–Kier alpha value is -1.30. The predicted octanol–water partition coefficient (Wildman–Crippen LogP) is 4.45. The fraction of sp³-hybridized carbons (Fsp3) is 0.286. The third-order valence-electron chi connectivity index (χ3n) is 2.21. The normalized spacial score (nSPS) is 10.7. The number of unbranched alkanes of at least 4 members (excludes halogenated alkanes) is 1. The van der Waals surface area contributed by atoms with E-state index in [-0.39, 0.29) is 0 Å². The van der Waals surface area contributed by atoms with Crippen LogP contribution in [-0.4, -0.2) is 0 Å². The lowest BCUT2D eigenvalue weighted by molar-refractivity contribution is 0.962. The summed E-state index contributed by atoms with van der Waals surface area (Å²) < 4.78 is 0. The van der Waals surface area contributed by atoms with Gasteiger partial charge in [-0.2, -0.15) is 0 Å². The molecule has 0 N–H and O–H groups in total. The van der Waals surface area contributed by atoms with Crippen LogP contribution in [0.25, 0.3) is 12.2 Å². The van der Waals surface area contributed by atoms with Crippen molar-refractivity contribution in [3.05, 3.63) is 47.5 Å². The first kappa shape index (κ1) is 10.8. The highest BCUT2D eigenvalue weighted by Crippen LogP contribution is 2.15. The molecule has 0 atom stereocenters. The van der Waals surface area contributed by atoms with Crippen LogP contribution < -0.4 is 0 Å². The average molecular weight is 186 g/mol. The summed E-state index contributed by atoms with van der Waals surface area (Å²) in [7, 11) is 0. The highest BCUT2D eigenvalue weighted by Gasteiger charge is 1.94. The van der Waals surface area contributed by atoms with Crippen LogP contribution in [0.2, 0.25) is 0 Å². The average Bonchev–Trinajstić information content (AvgIpc) is 2.20. The van der Waals surface area contributed by atoms with Crippen molar-refractivity contribution in [2.24, 2.45) is 0 Å². The van der Waals surface area contributed by atoms with Gasteiger partial charge in [0.25, 0.3) is 0 Å². The summed E-state index contributed by atoms with van der Waals surface area (Å²) in [5, 5.41) is 0. The Labute approximate surface area is 87.0 Å². The van der Waals surface area contributed by atoms with Gasteiger partial charge >= 0.3 is 0 Å². The van der Waals surface area contributed by atoms with Gasteiger partial charge in [0.2, 0.25) is 0 Å². The zero-order chi connectivity index (χ0) is 10.4. The molecule has 14 heavy (non-hydrogen) atoms. The minimum Gasteiger partial charge on any atom is -0.0984 e. The van der Waals surface area contributed by atoms with Crippen LogP contribution in [-0.2, 0) is 0 Å². The van der Waals surface area contributed by atoms with Crippen LogP contribution in [0.1, 0.15) is 36.5 Å². The Kier molecular flexibility index (Phi) is 4.18. The lowest BCUT2D eigenvalue weighted by Crippen LogP contribution is -1.81. The second kappa shape index (κ2) is 5.43. The fourth-order valence-corrected chi connectivity index (χ4v) is 1.40. The summed E-state index contributed by atoms with van der Waals surface area (Å²) in [6, 6.07) is 6.45. The van der Waals surface area contributed by atoms with Crippen molar-refractivity contribution >= 4 is 12.2 Å². The molecule has 74 valence electrons. The van der Waals surface area contributed by atoms with Crippen molar-refractivity contribution in [2.75, 3.05) is 0 Å². The Morgan fingerprint density at radius 1 is 1.29 bits per heavy atom. The van der Waals surface area contributed by atoms with Gasteiger partial charge in [-0.1, -0.05) is 61.9 Å². The first-order valence-electron chi connectivity index (χ1n) is 5.17. The topological polar surface area (TPSA) is 0 Å². The molecule has 0 bridgehead atoms. The quantitative estimate of drug-likeness (QED) is 0.651. The Bertz CT molecular complexity index is 332. The van der Waals surface area contributed by atoms with Crippen LogP contribution in [0.15, 0.2) is 30.9 Å². The molecule has 0 unspecified atom stereocenters. The second-order valence-electron chi connectivity index (χ2n) is 3.53. The minimum atomic E-state index is 1.14. The number of aryl methyl sites for hydroxylation is 1. The molecule has 0 amide bonds. The molecular formula is C14H18. The maximum atomic E-state index is 3.83. The maximum Gasteiger partial charge on any atom is -0.0187 e. The largest absolute Gasteiger partial charge is 0.0984 e. The zero-order valence-electron chi connectivity index (χ0n) is 9.09. The van der Waals surface area contributed by atoms with E-state index in [4.69, 9.17) is 0 Å². The van der Waals surface area contributed by atoms with Crippen molar-refractivity contribution in [1.29, 1.82) is 0 Å².